The lowest BCUT2D eigenvalue weighted by molar-refractivity contribution is -0.115. The average molecular weight is 228 g/mol. The van der Waals surface area contributed by atoms with Crippen LogP contribution >= 0.6 is 11.6 Å². The van der Waals surface area contributed by atoms with Gasteiger partial charge in [-0.3, -0.25) is 4.79 Å². The van der Waals surface area contributed by atoms with Crippen molar-refractivity contribution in [1.82, 2.24) is 8.61 Å². The van der Waals surface area contributed by atoms with Gasteiger partial charge < -0.3 is 0 Å². The maximum atomic E-state index is 12.0. The molecule has 0 radical (unpaired) electrons. The minimum atomic E-state index is -2.78. The highest BCUT2D eigenvalue weighted by molar-refractivity contribution is 7.89. The fourth-order valence-corrected chi connectivity index (χ4v) is 2.09. The summed E-state index contributed by atoms with van der Waals surface area (Å²) in [4.78, 5) is 10.9. The third-order valence-electron chi connectivity index (χ3n) is 1.29. The Balaban J connectivity index is 5.14. The van der Waals surface area contributed by atoms with E-state index in [4.69, 9.17) is 11.6 Å². The Morgan fingerprint density at radius 3 is 1.92 bits per heavy atom. The van der Waals surface area contributed by atoms with Crippen LogP contribution in [0.2, 0.25) is 0 Å². The van der Waals surface area contributed by atoms with Crippen molar-refractivity contribution in [2.75, 3.05) is 34.1 Å². The molecular formula is C6H14ClN3O2S. The van der Waals surface area contributed by atoms with Crippen molar-refractivity contribution < 1.29 is 9.00 Å². The minimum absolute atomic E-state index is 0.251. The van der Waals surface area contributed by atoms with E-state index >= 15 is 0 Å². The van der Waals surface area contributed by atoms with E-state index in [1.54, 1.807) is 28.2 Å². The monoisotopic (exact) mass is 227 g/mol. The fraction of sp³-hybridized carbons (Fsp3) is 0.833. The molecule has 0 N–H and O–H groups in total. The van der Waals surface area contributed by atoms with Gasteiger partial charge >= 0.3 is 0 Å². The molecule has 0 heterocycles. The van der Waals surface area contributed by atoms with Crippen molar-refractivity contribution in [3.63, 3.8) is 0 Å². The standard InChI is InChI=1S/C6H14ClN3O2S/c1-9(2)13(12,10(3)4)8-6(11)5-7/h5H2,1-4H3. The van der Waals surface area contributed by atoms with Crippen molar-refractivity contribution in [3.05, 3.63) is 0 Å². The van der Waals surface area contributed by atoms with Crippen molar-refractivity contribution in [2.45, 2.75) is 0 Å². The first kappa shape index (κ1) is 12.8. The molecular weight excluding hydrogens is 214 g/mol. The third-order valence-corrected chi connectivity index (χ3v) is 3.86. The zero-order valence-electron chi connectivity index (χ0n) is 8.15. The summed E-state index contributed by atoms with van der Waals surface area (Å²) in [5.41, 5.74) is 0. The van der Waals surface area contributed by atoms with E-state index in [9.17, 15) is 9.00 Å². The van der Waals surface area contributed by atoms with Crippen LogP contribution in [0.25, 0.3) is 0 Å². The Morgan fingerprint density at radius 1 is 1.31 bits per heavy atom. The molecule has 0 aromatic rings. The molecule has 0 saturated carbocycles. The minimum Gasteiger partial charge on any atom is -0.270 e. The van der Waals surface area contributed by atoms with Crippen LogP contribution in [-0.2, 0) is 14.9 Å². The van der Waals surface area contributed by atoms with E-state index in [0.29, 0.717) is 0 Å². The SMILES string of the molecule is CN(C)S(=O)(=NC(=O)CCl)N(C)C. The number of rotatable bonds is 3. The molecule has 5 nitrogen and oxygen atoms in total. The van der Waals surface area contributed by atoms with E-state index < -0.39 is 16.0 Å². The van der Waals surface area contributed by atoms with Crippen LogP contribution < -0.4 is 0 Å². The summed E-state index contributed by atoms with van der Waals surface area (Å²) in [7, 11) is 3.59. The Hall–Kier alpha value is -0.170. The number of carbonyl (C=O) groups excluding carboxylic acids is 1. The number of nitrogens with zero attached hydrogens (tertiary/aromatic N) is 3. The van der Waals surface area contributed by atoms with E-state index in [2.05, 4.69) is 4.36 Å². The average Bonchev–Trinajstić information content (AvgIpc) is 2.03. The lowest BCUT2D eigenvalue weighted by Crippen LogP contribution is -2.35. The predicted molar refractivity (Wildman–Crippen MR) is 53.7 cm³/mol. The molecule has 0 spiro atoms. The number of hydrogen-bond donors (Lipinski definition) is 0. The van der Waals surface area contributed by atoms with Crippen molar-refractivity contribution in [2.24, 2.45) is 4.36 Å². The second kappa shape index (κ2) is 4.90. The summed E-state index contributed by atoms with van der Waals surface area (Å²) in [6, 6.07) is 0. The van der Waals surface area contributed by atoms with E-state index in [-0.39, 0.29) is 5.88 Å². The zero-order valence-corrected chi connectivity index (χ0v) is 9.72. The summed E-state index contributed by atoms with van der Waals surface area (Å²) in [6.45, 7) is 0. The molecule has 0 saturated heterocycles. The first-order valence-electron chi connectivity index (χ1n) is 3.55. The molecule has 0 aliphatic rings. The molecule has 13 heavy (non-hydrogen) atoms. The Labute approximate surface area is 84.1 Å². The highest BCUT2D eigenvalue weighted by Crippen LogP contribution is 2.04. The topological polar surface area (TPSA) is 53.0 Å². The molecule has 0 fully saturated rings. The Kier molecular flexibility index (Phi) is 4.83. The van der Waals surface area contributed by atoms with Crippen LogP contribution in [-0.4, -0.2) is 52.8 Å². The second-order valence-corrected chi connectivity index (χ2v) is 5.56. The van der Waals surface area contributed by atoms with Gasteiger partial charge in [0.25, 0.3) is 5.91 Å². The van der Waals surface area contributed by atoms with Gasteiger partial charge in [-0.25, -0.2) is 12.8 Å². The number of alkyl halides is 1. The highest BCUT2D eigenvalue weighted by atomic mass is 35.5. The largest absolute Gasteiger partial charge is 0.270 e. The van der Waals surface area contributed by atoms with Gasteiger partial charge in [-0.2, -0.15) is 0 Å². The van der Waals surface area contributed by atoms with Crippen LogP contribution in [0, 0.1) is 0 Å². The number of hydrogen-bond acceptors (Lipinski definition) is 2. The molecule has 0 unspecified atom stereocenters. The smallest absolute Gasteiger partial charge is 0.270 e. The summed E-state index contributed by atoms with van der Waals surface area (Å²) in [6.07, 6.45) is 0. The van der Waals surface area contributed by atoms with Crippen LogP contribution in [0.15, 0.2) is 4.36 Å². The number of carbonyl (C=O) groups is 1. The van der Waals surface area contributed by atoms with Crippen LogP contribution in [0.4, 0.5) is 0 Å². The van der Waals surface area contributed by atoms with Crippen molar-refractivity contribution >= 4 is 27.6 Å². The summed E-state index contributed by atoms with van der Waals surface area (Å²) in [5, 5.41) is 0. The van der Waals surface area contributed by atoms with Gasteiger partial charge in [0, 0.05) is 28.2 Å². The molecule has 1 amide bonds. The van der Waals surface area contributed by atoms with Crippen LogP contribution in [0.3, 0.4) is 0 Å². The van der Waals surface area contributed by atoms with E-state index in [1.165, 1.54) is 8.61 Å². The zero-order chi connectivity index (χ0) is 10.6. The summed E-state index contributed by atoms with van der Waals surface area (Å²) < 4.78 is 18.3. The maximum Gasteiger partial charge on any atom is 0.270 e. The van der Waals surface area contributed by atoms with Gasteiger partial charge in [0.1, 0.15) is 5.88 Å². The Bertz CT molecular complexity index is 280. The lowest BCUT2D eigenvalue weighted by atomic mass is 10.8. The summed E-state index contributed by atoms with van der Waals surface area (Å²) >= 11 is 5.26. The first-order chi connectivity index (χ1) is 5.84. The highest BCUT2D eigenvalue weighted by Gasteiger charge is 2.16. The van der Waals surface area contributed by atoms with Crippen LogP contribution in [0.5, 0.6) is 0 Å². The molecule has 0 rings (SSSR count). The fourth-order valence-electron chi connectivity index (χ4n) is 0.647. The van der Waals surface area contributed by atoms with Gasteiger partial charge in [0.15, 0.2) is 10.1 Å². The maximum absolute atomic E-state index is 12.0. The van der Waals surface area contributed by atoms with Gasteiger partial charge in [-0.05, 0) is 0 Å². The van der Waals surface area contributed by atoms with Crippen LogP contribution in [0.1, 0.15) is 0 Å². The normalized spacial score (nSPS) is 12.2. The Morgan fingerprint density at radius 2 is 1.69 bits per heavy atom. The van der Waals surface area contributed by atoms with Gasteiger partial charge in [0.2, 0.25) is 0 Å². The van der Waals surface area contributed by atoms with Gasteiger partial charge in [0.05, 0.1) is 0 Å². The van der Waals surface area contributed by atoms with E-state index in [1.807, 2.05) is 0 Å². The molecule has 0 aromatic carbocycles. The van der Waals surface area contributed by atoms with Crippen molar-refractivity contribution in [3.8, 4) is 0 Å². The van der Waals surface area contributed by atoms with Gasteiger partial charge in [-0.15, -0.1) is 16.0 Å². The second-order valence-electron chi connectivity index (χ2n) is 2.71. The van der Waals surface area contributed by atoms with Gasteiger partial charge in [-0.1, -0.05) is 0 Å². The first-order valence-corrected chi connectivity index (χ1v) is 5.52. The predicted octanol–water partition coefficient (Wildman–Crippen LogP) is 0.173. The van der Waals surface area contributed by atoms with Crippen molar-refractivity contribution in [1.29, 1.82) is 0 Å². The molecule has 7 heteroatoms. The number of halogens is 1. The third kappa shape index (κ3) is 3.22. The lowest BCUT2D eigenvalue weighted by Gasteiger charge is -2.21. The molecule has 0 atom stereocenters. The molecule has 78 valence electrons. The molecule has 0 aromatic heterocycles. The van der Waals surface area contributed by atoms with E-state index in [0.717, 1.165) is 0 Å². The molecule has 0 aliphatic carbocycles. The molecule has 0 aliphatic heterocycles. The quantitative estimate of drug-likeness (QED) is 0.646. The number of amides is 1. The molecule has 0 bridgehead atoms. The summed E-state index contributed by atoms with van der Waals surface area (Å²) in [5.74, 6) is -0.826.